The number of nitrogens with zero attached hydrogens (tertiary/aromatic N) is 1. The second-order valence-corrected chi connectivity index (χ2v) is 26.3. The third-order valence-corrected chi connectivity index (χ3v) is 16.4. The summed E-state index contributed by atoms with van der Waals surface area (Å²) in [7, 11) is 1.17. The highest BCUT2D eigenvalue weighted by atomic mass is 31.2. The van der Waals surface area contributed by atoms with Crippen LogP contribution in [0.25, 0.3) is 0 Å². The predicted octanol–water partition coefficient (Wildman–Crippen LogP) is 22.3. The Morgan fingerprint density at radius 2 is 0.679 bits per heavy atom. The minimum absolute atomic E-state index is 0.0315. The first-order valence-corrected chi connectivity index (χ1v) is 36.8. The van der Waals surface area contributed by atoms with E-state index in [-0.39, 0.29) is 32.0 Å². The van der Waals surface area contributed by atoms with E-state index < -0.39 is 26.5 Å². The smallest absolute Gasteiger partial charge is 0.306 e. The van der Waals surface area contributed by atoms with Crippen molar-refractivity contribution in [3.63, 3.8) is 0 Å². The van der Waals surface area contributed by atoms with Crippen LogP contribution in [0.15, 0.2) is 85.1 Å². The summed E-state index contributed by atoms with van der Waals surface area (Å²) in [6.45, 7) is 4.17. The number of ether oxygens (including phenoxy) is 2. The van der Waals surface area contributed by atoms with E-state index in [0.29, 0.717) is 17.4 Å². The SMILES string of the molecule is CC/C=C\C/C=C\C/C=C\C/C=C\C/C=C\C/C=C\CCCCCCCCCCCCCCCCCCC(=O)OC(COC(=O)CCCCCCCCCCCCCCC/C=C\CCCCCCCCCC)COP(=O)([O-])OCC[N+](C)(C)C. The van der Waals surface area contributed by atoms with Gasteiger partial charge in [0.2, 0.25) is 0 Å². The van der Waals surface area contributed by atoms with Crippen molar-refractivity contribution in [1.29, 1.82) is 0 Å². The molecule has 2 atom stereocenters. The van der Waals surface area contributed by atoms with Gasteiger partial charge in [-0.25, -0.2) is 0 Å². The fraction of sp³-hybridized carbons (Fsp3) is 0.784. The number of likely N-dealkylation sites (N-methyl/N-ethyl adjacent to an activating group) is 1. The van der Waals surface area contributed by atoms with Crippen molar-refractivity contribution in [3.8, 4) is 0 Å². The second-order valence-electron chi connectivity index (χ2n) is 24.9. The standard InChI is InChI=1S/C74H134NO8P/c1-6-8-10-12-14-16-18-20-22-24-26-28-30-32-33-34-35-36-37-38-39-40-41-43-45-47-49-51-53-55-57-59-61-63-65-67-74(77)83-72(71-82-84(78,79)81-69-68-75(3,4)5)70-80-73(76)66-64-62-60-58-56-54-52-50-48-46-44-42-31-29-27-25-23-21-19-17-15-13-11-9-7-2/h8,10,14,16,20,22,25-28,32-33,35-36,72H,6-7,9,11-13,15,17-19,21,23-24,29-31,34,37-71H2,1-5H3/b10-8-,16-14-,22-20-,27-25-,28-26-,33-32-,36-35-. The van der Waals surface area contributed by atoms with Crippen molar-refractivity contribution in [3.05, 3.63) is 85.1 Å². The van der Waals surface area contributed by atoms with E-state index in [1.165, 1.54) is 212 Å². The van der Waals surface area contributed by atoms with Crippen LogP contribution in [0.3, 0.4) is 0 Å². The van der Waals surface area contributed by atoms with E-state index >= 15 is 0 Å². The Hall–Kier alpha value is -2.81. The van der Waals surface area contributed by atoms with Gasteiger partial charge < -0.3 is 27.9 Å². The predicted molar refractivity (Wildman–Crippen MR) is 360 cm³/mol. The lowest BCUT2D eigenvalue weighted by Gasteiger charge is -2.28. The molecule has 0 radical (unpaired) electrons. The zero-order valence-corrected chi connectivity index (χ0v) is 56.5. The van der Waals surface area contributed by atoms with Crippen molar-refractivity contribution in [1.82, 2.24) is 0 Å². The van der Waals surface area contributed by atoms with Gasteiger partial charge in [-0.1, -0.05) is 304 Å². The van der Waals surface area contributed by atoms with Crippen LogP contribution in [0.1, 0.15) is 322 Å². The highest BCUT2D eigenvalue weighted by molar-refractivity contribution is 7.45. The molecule has 0 bridgehead atoms. The molecule has 0 aliphatic carbocycles. The monoisotopic (exact) mass is 1200 g/mol. The van der Waals surface area contributed by atoms with Gasteiger partial charge in [0.15, 0.2) is 6.10 Å². The van der Waals surface area contributed by atoms with Crippen LogP contribution in [0.2, 0.25) is 0 Å². The van der Waals surface area contributed by atoms with Crippen LogP contribution >= 0.6 is 7.82 Å². The second kappa shape index (κ2) is 64.7. The number of hydrogen-bond acceptors (Lipinski definition) is 8. The van der Waals surface area contributed by atoms with Crippen molar-refractivity contribution in [2.75, 3.05) is 47.5 Å². The van der Waals surface area contributed by atoms with Crippen molar-refractivity contribution < 1.29 is 42.1 Å². The number of unbranched alkanes of at least 4 members (excludes halogenated alkanes) is 37. The van der Waals surface area contributed by atoms with Crippen LogP contribution < -0.4 is 4.89 Å². The first-order chi connectivity index (χ1) is 41.0. The summed E-state index contributed by atoms with van der Waals surface area (Å²) in [5.41, 5.74) is 0. The molecule has 10 heteroatoms. The Morgan fingerprint density at radius 3 is 1.02 bits per heavy atom. The maximum Gasteiger partial charge on any atom is 0.306 e. The van der Waals surface area contributed by atoms with Gasteiger partial charge in [0.05, 0.1) is 27.7 Å². The quantitative estimate of drug-likeness (QED) is 0.0195. The summed E-state index contributed by atoms with van der Waals surface area (Å²) < 4.78 is 34.3. The van der Waals surface area contributed by atoms with E-state index in [4.69, 9.17) is 18.5 Å². The molecular weight excluding hydrogens is 1060 g/mol. The lowest BCUT2D eigenvalue weighted by atomic mass is 10.0. The van der Waals surface area contributed by atoms with Gasteiger partial charge in [0.25, 0.3) is 7.82 Å². The average Bonchev–Trinajstić information content (AvgIpc) is 3.61. The number of carbonyl (C=O) groups excluding carboxylic acids is 2. The Morgan fingerprint density at radius 1 is 0.381 bits per heavy atom. The number of allylic oxidation sites excluding steroid dienone is 14. The zero-order valence-electron chi connectivity index (χ0n) is 55.6. The average molecular weight is 1200 g/mol. The fourth-order valence-electron chi connectivity index (χ4n) is 10.0. The molecule has 0 saturated heterocycles. The summed E-state index contributed by atoms with van der Waals surface area (Å²) in [4.78, 5) is 38.1. The Labute approximate surface area is 520 Å². The fourth-order valence-corrected chi connectivity index (χ4v) is 10.7. The Kier molecular flexibility index (Phi) is 62.5. The summed E-state index contributed by atoms with van der Waals surface area (Å²) in [5.74, 6) is -0.822. The zero-order chi connectivity index (χ0) is 61.2. The van der Waals surface area contributed by atoms with Gasteiger partial charge in [-0.2, -0.15) is 0 Å². The van der Waals surface area contributed by atoms with Crippen LogP contribution in [0.5, 0.6) is 0 Å². The molecule has 0 saturated carbocycles. The van der Waals surface area contributed by atoms with Gasteiger partial charge >= 0.3 is 11.9 Å². The highest BCUT2D eigenvalue weighted by Gasteiger charge is 2.22. The van der Waals surface area contributed by atoms with Gasteiger partial charge in [-0.05, 0) is 89.9 Å². The molecule has 0 spiro atoms. The molecule has 0 aromatic carbocycles. The van der Waals surface area contributed by atoms with E-state index in [1.807, 2.05) is 21.1 Å². The van der Waals surface area contributed by atoms with E-state index in [2.05, 4.69) is 98.9 Å². The molecule has 0 aromatic rings. The normalized spacial score (nSPS) is 13.6. The van der Waals surface area contributed by atoms with Crippen molar-refractivity contribution in [2.45, 2.75) is 328 Å². The van der Waals surface area contributed by atoms with Crippen LogP contribution in [0, 0.1) is 0 Å². The lowest BCUT2D eigenvalue weighted by Crippen LogP contribution is -2.37. The summed E-state index contributed by atoms with van der Waals surface area (Å²) in [6.07, 6.45) is 88.1. The number of carbonyl (C=O) groups is 2. The third kappa shape index (κ3) is 68.3. The van der Waals surface area contributed by atoms with E-state index in [1.54, 1.807) is 0 Å². The third-order valence-electron chi connectivity index (χ3n) is 15.4. The van der Waals surface area contributed by atoms with Crippen LogP contribution in [-0.2, 0) is 32.7 Å². The van der Waals surface area contributed by atoms with Crippen LogP contribution in [0.4, 0.5) is 0 Å². The summed E-state index contributed by atoms with van der Waals surface area (Å²) in [6, 6.07) is 0. The molecule has 0 aliphatic rings. The summed E-state index contributed by atoms with van der Waals surface area (Å²) in [5, 5.41) is 0. The minimum Gasteiger partial charge on any atom is -0.756 e. The number of phosphoric acid groups is 1. The van der Waals surface area contributed by atoms with Crippen molar-refractivity contribution >= 4 is 19.8 Å². The Balaban J connectivity index is 4.02. The molecular formula is C74H134NO8P. The molecule has 488 valence electrons. The minimum atomic E-state index is -4.64. The maximum absolute atomic E-state index is 12.9. The molecule has 9 nitrogen and oxygen atoms in total. The molecule has 0 aliphatic heterocycles. The van der Waals surface area contributed by atoms with E-state index in [0.717, 1.165) is 77.0 Å². The summed E-state index contributed by atoms with van der Waals surface area (Å²) >= 11 is 0. The van der Waals surface area contributed by atoms with Crippen molar-refractivity contribution in [2.24, 2.45) is 0 Å². The molecule has 84 heavy (non-hydrogen) atoms. The topological polar surface area (TPSA) is 111 Å². The molecule has 0 heterocycles. The largest absolute Gasteiger partial charge is 0.756 e. The number of phosphoric ester groups is 1. The first-order valence-electron chi connectivity index (χ1n) is 35.3. The lowest BCUT2D eigenvalue weighted by molar-refractivity contribution is -0.870. The van der Waals surface area contributed by atoms with Gasteiger partial charge in [-0.15, -0.1) is 0 Å². The highest BCUT2D eigenvalue weighted by Crippen LogP contribution is 2.38. The number of hydrogen-bond donors (Lipinski definition) is 0. The number of quaternary nitrogens is 1. The molecule has 0 amide bonds. The molecule has 0 rings (SSSR count). The van der Waals surface area contributed by atoms with E-state index in [9.17, 15) is 19.0 Å². The number of esters is 2. The van der Waals surface area contributed by atoms with Gasteiger partial charge in [0, 0.05) is 12.8 Å². The maximum atomic E-state index is 12.9. The number of rotatable bonds is 65. The molecule has 0 N–H and O–H groups in total. The molecule has 2 unspecified atom stereocenters. The molecule has 0 fully saturated rings. The van der Waals surface area contributed by atoms with Gasteiger partial charge in [-0.3, -0.25) is 14.2 Å². The van der Waals surface area contributed by atoms with Gasteiger partial charge in [0.1, 0.15) is 19.8 Å². The molecule has 0 aromatic heterocycles. The Bertz CT molecular complexity index is 1690. The van der Waals surface area contributed by atoms with Crippen LogP contribution in [-0.4, -0.2) is 70.0 Å². The first kappa shape index (κ1) is 81.2.